The lowest BCUT2D eigenvalue weighted by Gasteiger charge is -2.34. The molecule has 0 bridgehead atoms. The molecule has 0 aromatic rings. The second-order valence-corrected chi connectivity index (χ2v) is 6.04. The molecule has 0 aromatic heterocycles. The summed E-state index contributed by atoms with van der Waals surface area (Å²) >= 11 is 0. The highest BCUT2D eigenvalue weighted by Crippen LogP contribution is 2.46. The minimum atomic E-state index is -5.75. The second kappa shape index (κ2) is 7.61. The van der Waals surface area contributed by atoms with Crippen molar-refractivity contribution in [2.75, 3.05) is 6.86 Å². The summed E-state index contributed by atoms with van der Waals surface area (Å²) in [7, 11) is 0. The highest BCUT2D eigenvalue weighted by molar-refractivity contribution is 5.37. The first-order chi connectivity index (χ1) is 11.5. The normalized spacial score (nSPS) is 29.0. The molecule has 0 N–H and O–H groups in total. The van der Waals surface area contributed by atoms with Crippen LogP contribution in [0.4, 0.5) is 35.1 Å². The minimum Gasteiger partial charge on any atom is -0.347 e. The maximum Gasteiger partial charge on any atom is 0.527 e. The smallest absolute Gasteiger partial charge is 0.347 e. The van der Waals surface area contributed by atoms with Gasteiger partial charge in [0.25, 0.3) is 0 Å². The van der Waals surface area contributed by atoms with E-state index >= 15 is 0 Å². The minimum absolute atomic E-state index is 0.255. The molecule has 0 unspecified atom stereocenters. The van der Waals surface area contributed by atoms with Crippen molar-refractivity contribution in [2.45, 2.75) is 50.7 Å². The van der Waals surface area contributed by atoms with E-state index in [1.807, 2.05) is 0 Å². The van der Waals surface area contributed by atoms with Crippen molar-refractivity contribution in [1.29, 1.82) is 0 Å². The number of ether oxygens (including phenoxy) is 2. The summed E-state index contributed by atoms with van der Waals surface area (Å²) in [6, 6.07) is 0. The van der Waals surface area contributed by atoms with Crippen molar-refractivity contribution < 1.29 is 44.6 Å². The molecule has 2 aliphatic rings. The van der Waals surface area contributed by atoms with Gasteiger partial charge >= 0.3 is 12.5 Å². The first-order valence-corrected chi connectivity index (χ1v) is 7.62. The van der Waals surface area contributed by atoms with E-state index in [1.165, 1.54) is 0 Å². The Hall–Kier alpha value is -1.16. The van der Waals surface area contributed by atoms with E-state index in [4.69, 9.17) is 4.74 Å². The molecule has 0 amide bonds. The topological polar surface area (TPSA) is 18.5 Å². The van der Waals surface area contributed by atoms with E-state index in [2.05, 4.69) is 4.74 Å². The Morgan fingerprint density at radius 3 is 2.08 bits per heavy atom. The zero-order valence-electron chi connectivity index (χ0n) is 12.9. The molecule has 0 aliphatic heterocycles. The van der Waals surface area contributed by atoms with Crippen LogP contribution in [0.25, 0.3) is 0 Å². The van der Waals surface area contributed by atoms with Gasteiger partial charge in [0.05, 0.1) is 6.10 Å². The molecule has 1 atom stereocenters. The second-order valence-electron chi connectivity index (χ2n) is 6.04. The molecule has 0 heterocycles. The maximum absolute atomic E-state index is 14.0. The lowest BCUT2D eigenvalue weighted by Crippen LogP contribution is -2.34. The summed E-state index contributed by atoms with van der Waals surface area (Å²) in [5.41, 5.74) is -2.02. The standard InChI is InChI=1S/C15H16F8O2/c16-7-24-10-3-1-8(2-4-10)9-5-11(17)13(12(18)6-9)14(19,20)25-15(21,22)23/h5,8-10H,1-4,6-7H2/t8?,9-,10?/m0/s1. The molecular formula is C15H16F8O2. The van der Waals surface area contributed by atoms with Gasteiger partial charge in [-0.1, -0.05) is 0 Å². The van der Waals surface area contributed by atoms with Crippen LogP contribution in [0.15, 0.2) is 23.3 Å². The number of halogens is 8. The van der Waals surface area contributed by atoms with Gasteiger partial charge in [0.15, 0.2) is 6.86 Å². The maximum atomic E-state index is 14.0. The number of rotatable bonds is 5. The van der Waals surface area contributed by atoms with Crippen molar-refractivity contribution in [1.82, 2.24) is 0 Å². The Bertz CT molecular complexity index is 532. The van der Waals surface area contributed by atoms with E-state index in [-0.39, 0.29) is 12.0 Å². The Labute approximate surface area is 138 Å². The van der Waals surface area contributed by atoms with Crippen LogP contribution < -0.4 is 0 Å². The zero-order valence-corrected chi connectivity index (χ0v) is 12.9. The highest BCUT2D eigenvalue weighted by atomic mass is 19.4. The SMILES string of the molecule is FCOC1CCC([C@H]2C=C(F)C(C(F)(F)OC(F)(F)F)=C(F)C2)CC1. The Balaban J connectivity index is 2.07. The van der Waals surface area contributed by atoms with Gasteiger partial charge in [-0.15, -0.1) is 13.2 Å². The Morgan fingerprint density at radius 2 is 1.60 bits per heavy atom. The largest absolute Gasteiger partial charge is 0.527 e. The summed E-state index contributed by atoms with van der Waals surface area (Å²) in [5.74, 6) is -4.45. The summed E-state index contributed by atoms with van der Waals surface area (Å²) < 4.78 is 110. The van der Waals surface area contributed by atoms with Crippen LogP contribution in [0.2, 0.25) is 0 Å². The summed E-state index contributed by atoms with van der Waals surface area (Å²) in [6.07, 6.45) is -9.35. The Kier molecular flexibility index (Phi) is 6.13. The summed E-state index contributed by atoms with van der Waals surface area (Å²) in [5, 5.41) is 0. The number of hydrogen-bond donors (Lipinski definition) is 0. The fourth-order valence-electron chi connectivity index (χ4n) is 3.34. The fraction of sp³-hybridized carbons (Fsp3) is 0.733. The van der Waals surface area contributed by atoms with Crippen molar-refractivity contribution in [2.24, 2.45) is 11.8 Å². The van der Waals surface area contributed by atoms with Crippen LogP contribution in [-0.4, -0.2) is 25.4 Å². The number of alkyl halides is 6. The van der Waals surface area contributed by atoms with Crippen molar-refractivity contribution in [3.8, 4) is 0 Å². The Morgan fingerprint density at radius 1 is 1.00 bits per heavy atom. The van der Waals surface area contributed by atoms with Gasteiger partial charge in [-0.05, 0) is 43.6 Å². The van der Waals surface area contributed by atoms with Crippen LogP contribution >= 0.6 is 0 Å². The van der Waals surface area contributed by atoms with Crippen LogP contribution in [0.1, 0.15) is 32.1 Å². The van der Waals surface area contributed by atoms with Gasteiger partial charge in [0.2, 0.25) is 0 Å². The van der Waals surface area contributed by atoms with Gasteiger partial charge in [-0.2, -0.15) is 8.78 Å². The fourth-order valence-corrected chi connectivity index (χ4v) is 3.34. The predicted molar refractivity (Wildman–Crippen MR) is 70.3 cm³/mol. The average molecular weight is 380 g/mol. The number of allylic oxidation sites excluding steroid dienone is 2. The summed E-state index contributed by atoms with van der Waals surface area (Å²) in [6.45, 7) is -0.942. The monoisotopic (exact) mass is 380 g/mol. The van der Waals surface area contributed by atoms with Gasteiger partial charge in [0, 0.05) is 6.42 Å². The molecule has 1 saturated carbocycles. The van der Waals surface area contributed by atoms with Gasteiger partial charge < -0.3 is 4.74 Å². The van der Waals surface area contributed by atoms with Gasteiger partial charge in [0.1, 0.15) is 17.2 Å². The van der Waals surface area contributed by atoms with E-state index in [1.54, 1.807) is 0 Å². The molecule has 0 aromatic carbocycles. The van der Waals surface area contributed by atoms with E-state index in [0.717, 1.165) is 0 Å². The van der Waals surface area contributed by atoms with Crippen LogP contribution in [0.5, 0.6) is 0 Å². The molecule has 2 nitrogen and oxygen atoms in total. The van der Waals surface area contributed by atoms with Crippen molar-refractivity contribution >= 4 is 0 Å². The third-order valence-electron chi connectivity index (χ3n) is 4.44. The first-order valence-electron chi connectivity index (χ1n) is 7.62. The van der Waals surface area contributed by atoms with Crippen LogP contribution in [-0.2, 0) is 9.47 Å². The lowest BCUT2D eigenvalue weighted by atomic mass is 9.75. The molecule has 1 fully saturated rings. The van der Waals surface area contributed by atoms with Crippen molar-refractivity contribution in [3.05, 3.63) is 23.3 Å². The molecular weight excluding hydrogens is 364 g/mol. The molecule has 0 saturated heterocycles. The molecule has 0 radical (unpaired) electrons. The van der Waals surface area contributed by atoms with E-state index < -0.39 is 48.9 Å². The lowest BCUT2D eigenvalue weighted by molar-refractivity contribution is -0.412. The van der Waals surface area contributed by atoms with Gasteiger partial charge in [-0.25, -0.2) is 17.9 Å². The van der Waals surface area contributed by atoms with E-state index in [9.17, 15) is 35.1 Å². The molecule has 144 valence electrons. The molecule has 2 aliphatic carbocycles. The first kappa shape index (κ1) is 20.2. The van der Waals surface area contributed by atoms with Crippen LogP contribution in [0, 0.1) is 11.8 Å². The molecule has 10 heteroatoms. The summed E-state index contributed by atoms with van der Waals surface area (Å²) in [4.78, 5) is 0. The molecule has 0 spiro atoms. The third-order valence-corrected chi connectivity index (χ3v) is 4.44. The predicted octanol–water partition coefficient (Wildman–Crippen LogP) is 5.71. The molecule has 2 rings (SSSR count). The van der Waals surface area contributed by atoms with Crippen LogP contribution in [0.3, 0.4) is 0 Å². The highest BCUT2D eigenvalue weighted by Gasteiger charge is 2.51. The average Bonchev–Trinajstić information content (AvgIpc) is 2.44. The third kappa shape index (κ3) is 5.16. The molecule has 25 heavy (non-hydrogen) atoms. The van der Waals surface area contributed by atoms with Crippen molar-refractivity contribution in [3.63, 3.8) is 0 Å². The van der Waals surface area contributed by atoms with Gasteiger partial charge in [-0.3, -0.25) is 0 Å². The number of hydrogen-bond acceptors (Lipinski definition) is 2. The quantitative estimate of drug-likeness (QED) is 0.569. The zero-order chi connectivity index (χ0) is 18.8. The van der Waals surface area contributed by atoms with E-state index in [0.29, 0.717) is 31.8 Å².